The van der Waals surface area contributed by atoms with Crippen molar-refractivity contribution in [3.8, 4) is 0 Å². The molecular weight excluding hydrogens is 260 g/mol. The second-order valence-electron chi connectivity index (χ2n) is 7.89. The second kappa shape index (κ2) is 8.38. The van der Waals surface area contributed by atoms with Crippen LogP contribution in [0.1, 0.15) is 78.6 Å². The van der Waals surface area contributed by atoms with Gasteiger partial charge in [0.05, 0.1) is 0 Å². The Kier molecular flexibility index (Phi) is 7.53. The Hall–Kier alpha value is -0.0831. The van der Waals surface area contributed by atoms with Gasteiger partial charge in [-0.1, -0.05) is 52.2 Å². The fourth-order valence-corrected chi connectivity index (χ4v) is 3.96. The molecule has 0 N–H and O–H groups in total. The van der Waals surface area contributed by atoms with Crippen molar-refractivity contribution in [1.82, 2.24) is 0 Å². The van der Waals surface area contributed by atoms with Gasteiger partial charge < -0.3 is 4.43 Å². The van der Waals surface area contributed by atoms with Gasteiger partial charge in [0.2, 0.25) is 0 Å². The lowest BCUT2D eigenvalue weighted by Gasteiger charge is -2.39. The van der Waals surface area contributed by atoms with Crippen molar-refractivity contribution in [3.05, 3.63) is 12.2 Å². The van der Waals surface area contributed by atoms with Crippen LogP contribution in [-0.4, -0.2) is 14.4 Å². The quantitative estimate of drug-likeness (QED) is 0.420. The lowest BCUT2D eigenvalue weighted by molar-refractivity contribution is 0.154. The van der Waals surface area contributed by atoms with Crippen molar-refractivity contribution in [1.29, 1.82) is 0 Å². The van der Waals surface area contributed by atoms with Crippen LogP contribution in [0.4, 0.5) is 0 Å². The molecule has 1 atom stereocenters. The van der Waals surface area contributed by atoms with E-state index in [2.05, 4.69) is 46.0 Å². The maximum Gasteiger partial charge on any atom is 0.192 e. The van der Waals surface area contributed by atoms with E-state index in [-0.39, 0.29) is 0 Å². The van der Waals surface area contributed by atoms with Gasteiger partial charge in [0.1, 0.15) is 0 Å². The molecule has 0 aromatic rings. The average Bonchev–Trinajstić information content (AvgIpc) is 2.31. The molecular formula is C18H36OSi. The Bertz CT molecular complexity index is 288. The SMILES string of the molecule is CC(C)(C)[Si](C)(C)OC1CCCC/C=C\CCCCC1. The van der Waals surface area contributed by atoms with Crippen molar-refractivity contribution < 1.29 is 4.43 Å². The zero-order valence-electron chi connectivity index (χ0n) is 14.5. The third kappa shape index (κ3) is 6.58. The van der Waals surface area contributed by atoms with Crippen LogP contribution in [0.15, 0.2) is 12.2 Å². The van der Waals surface area contributed by atoms with Crippen LogP contribution >= 0.6 is 0 Å². The number of allylic oxidation sites excluding steroid dienone is 2. The van der Waals surface area contributed by atoms with Crippen LogP contribution < -0.4 is 0 Å². The van der Waals surface area contributed by atoms with Crippen LogP contribution in [0, 0.1) is 0 Å². The molecule has 0 saturated heterocycles. The molecule has 1 aliphatic rings. The zero-order valence-corrected chi connectivity index (χ0v) is 15.5. The summed E-state index contributed by atoms with van der Waals surface area (Å²) < 4.78 is 6.67. The number of hydrogen-bond acceptors (Lipinski definition) is 1. The first-order chi connectivity index (χ1) is 9.33. The highest BCUT2D eigenvalue weighted by Crippen LogP contribution is 2.38. The normalized spacial score (nSPS) is 25.6. The highest BCUT2D eigenvalue weighted by Gasteiger charge is 2.38. The van der Waals surface area contributed by atoms with E-state index in [1.807, 2.05) is 0 Å². The molecule has 0 saturated carbocycles. The highest BCUT2D eigenvalue weighted by atomic mass is 28.4. The van der Waals surface area contributed by atoms with E-state index in [9.17, 15) is 0 Å². The molecule has 1 aliphatic carbocycles. The van der Waals surface area contributed by atoms with Gasteiger partial charge >= 0.3 is 0 Å². The summed E-state index contributed by atoms with van der Waals surface area (Å²) in [6, 6.07) is 0. The Morgan fingerprint density at radius 2 is 1.35 bits per heavy atom. The summed E-state index contributed by atoms with van der Waals surface area (Å²) in [6.45, 7) is 11.8. The Labute approximate surface area is 128 Å². The molecule has 1 nitrogen and oxygen atoms in total. The molecule has 1 rings (SSSR count). The lowest BCUT2D eigenvalue weighted by Crippen LogP contribution is -2.44. The minimum Gasteiger partial charge on any atom is -0.414 e. The summed E-state index contributed by atoms with van der Waals surface area (Å²) in [5.74, 6) is 0. The summed E-state index contributed by atoms with van der Waals surface area (Å²) in [6.07, 6.45) is 17.0. The van der Waals surface area contributed by atoms with E-state index in [4.69, 9.17) is 4.43 Å². The summed E-state index contributed by atoms with van der Waals surface area (Å²) in [5, 5.41) is 0.333. The van der Waals surface area contributed by atoms with Gasteiger partial charge in [-0.2, -0.15) is 0 Å². The minimum atomic E-state index is -1.60. The zero-order chi connectivity index (χ0) is 15.1. The van der Waals surface area contributed by atoms with Gasteiger partial charge in [0.25, 0.3) is 0 Å². The topological polar surface area (TPSA) is 9.23 Å². The predicted molar refractivity (Wildman–Crippen MR) is 92.8 cm³/mol. The van der Waals surface area contributed by atoms with Crippen molar-refractivity contribution >= 4 is 8.32 Å². The van der Waals surface area contributed by atoms with Gasteiger partial charge in [-0.25, -0.2) is 0 Å². The molecule has 0 heterocycles. The fourth-order valence-electron chi connectivity index (χ4n) is 2.54. The van der Waals surface area contributed by atoms with Crippen molar-refractivity contribution in [2.24, 2.45) is 0 Å². The first-order valence-electron chi connectivity index (χ1n) is 8.66. The molecule has 0 spiro atoms. The first kappa shape index (κ1) is 18.0. The van der Waals surface area contributed by atoms with Crippen molar-refractivity contribution in [3.63, 3.8) is 0 Å². The van der Waals surface area contributed by atoms with E-state index >= 15 is 0 Å². The van der Waals surface area contributed by atoms with E-state index in [0.29, 0.717) is 11.1 Å². The highest BCUT2D eigenvalue weighted by molar-refractivity contribution is 6.74. The summed E-state index contributed by atoms with van der Waals surface area (Å²) in [7, 11) is -1.60. The third-order valence-corrected chi connectivity index (χ3v) is 9.51. The van der Waals surface area contributed by atoms with E-state index in [1.54, 1.807) is 0 Å². The predicted octanol–water partition coefficient (Wildman–Crippen LogP) is 6.46. The van der Waals surface area contributed by atoms with E-state index < -0.39 is 8.32 Å². The largest absolute Gasteiger partial charge is 0.414 e. The van der Waals surface area contributed by atoms with Crippen LogP contribution in [0.2, 0.25) is 18.1 Å². The maximum absolute atomic E-state index is 6.67. The van der Waals surface area contributed by atoms with Gasteiger partial charge in [-0.15, -0.1) is 0 Å². The molecule has 0 fully saturated rings. The monoisotopic (exact) mass is 296 g/mol. The lowest BCUT2D eigenvalue weighted by atomic mass is 10.0. The number of rotatable bonds is 2. The Morgan fingerprint density at radius 1 is 0.850 bits per heavy atom. The van der Waals surface area contributed by atoms with Crippen LogP contribution in [-0.2, 0) is 4.43 Å². The molecule has 2 heteroatoms. The molecule has 0 amide bonds. The van der Waals surface area contributed by atoms with Crippen molar-refractivity contribution in [2.75, 3.05) is 0 Å². The van der Waals surface area contributed by atoms with Gasteiger partial charge in [0, 0.05) is 6.10 Å². The molecule has 0 radical (unpaired) electrons. The molecule has 0 bridgehead atoms. The van der Waals surface area contributed by atoms with Crippen molar-refractivity contribution in [2.45, 2.75) is 103 Å². The van der Waals surface area contributed by atoms with Crippen LogP contribution in [0.25, 0.3) is 0 Å². The maximum atomic E-state index is 6.67. The summed E-state index contributed by atoms with van der Waals surface area (Å²) in [4.78, 5) is 0. The summed E-state index contributed by atoms with van der Waals surface area (Å²) in [5.41, 5.74) is 0. The van der Waals surface area contributed by atoms with Gasteiger partial charge in [-0.05, 0) is 56.7 Å². The number of hydrogen-bond donors (Lipinski definition) is 0. The average molecular weight is 297 g/mol. The third-order valence-electron chi connectivity index (χ3n) is 4.98. The summed E-state index contributed by atoms with van der Waals surface area (Å²) >= 11 is 0. The first-order valence-corrected chi connectivity index (χ1v) is 11.6. The minimum absolute atomic E-state index is 0.333. The molecule has 20 heavy (non-hydrogen) atoms. The van der Waals surface area contributed by atoms with Gasteiger partial charge in [-0.3, -0.25) is 0 Å². The molecule has 0 aromatic heterocycles. The second-order valence-corrected chi connectivity index (χ2v) is 12.7. The van der Waals surface area contributed by atoms with E-state index in [0.717, 1.165) is 0 Å². The molecule has 0 aliphatic heterocycles. The molecule has 118 valence electrons. The molecule has 1 unspecified atom stereocenters. The van der Waals surface area contributed by atoms with E-state index in [1.165, 1.54) is 57.8 Å². The molecule has 0 aromatic carbocycles. The fraction of sp³-hybridized carbons (Fsp3) is 0.889. The van der Waals surface area contributed by atoms with Crippen LogP contribution in [0.3, 0.4) is 0 Å². The Morgan fingerprint density at radius 3 is 1.90 bits per heavy atom. The van der Waals surface area contributed by atoms with Gasteiger partial charge in [0.15, 0.2) is 8.32 Å². The Balaban J connectivity index is 2.54. The standard InChI is InChI=1S/C18H36OSi/c1-18(2,3)20(4,5)19-17-15-13-11-9-7-6-8-10-12-14-16-17/h6-7,17H,8-16H2,1-5H3/b7-6-. The smallest absolute Gasteiger partial charge is 0.192 e. The van der Waals surface area contributed by atoms with Crippen LogP contribution in [0.5, 0.6) is 0 Å².